The van der Waals surface area contributed by atoms with Gasteiger partial charge in [0.05, 0.1) is 7.11 Å². The number of rotatable bonds is 7. The van der Waals surface area contributed by atoms with Gasteiger partial charge in [-0.3, -0.25) is 4.79 Å². The zero-order valence-corrected chi connectivity index (χ0v) is 10.3. The van der Waals surface area contributed by atoms with Gasteiger partial charge in [0.15, 0.2) is 0 Å². The predicted molar refractivity (Wildman–Crippen MR) is 67.2 cm³/mol. The normalized spacial score (nSPS) is 13.4. The Kier molecular flexibility index (Phi) is 7.21. The standard InChI is InChI=1S/C13H21NO2/c1-6-8-11(7-2)9-12(13(15)16-5)14-10(3)4/h6-8,10,12,14H,1-2,9H2,3-5H3/b11-8+. The van der Waals surface area contributed by atoms with E-state index in [1.54, 1.807) is 12.2 Å². The Bertz CT molecular complexity index is 280. The molecule has 90 valence electrons. The van der Waals surface area contributed by atoms with Gasteiger partial charge in [0.2, 0.25) is 0 Å². The van der Waals surface area contributed by atoms with Crippen molar-refractivity contribution in [2.45, 2.75) is 32.4 Å². The molecule has 0 aromatic carbocycles. The van der Waals surface area contributed by atoms with Crippen LogP contribution in [0, 0.1) is 0 Å². The molecule has 0 rings (SSSR count). The second-order valence-electron chi connectivity index (χ2n) is 3.78. The molecule has 0 aliphatic rings. The lowest BCUT2D eigenvalue weighted by Crippen LogP contribution is -2.41. The van der Waals surface area contributed by atoms with Crippen LogP contribution in [-0.4, -0.2) is 25.2 Å². The predicted octanol–water partition coefficient (Wildman–Crippen LogP) is 2.21. The summed E-state index contributed by atoms with van der Waals surface area (Å²) in [4.78, 5) is 11.5. The van der Waals surface area contributed by atoms with Crippen LogP contribution in [0.1, 0.15) is 20.3 Å². The molecule has 3 heteroatoms. The van der Waals surface area contributed by atoms with E-state index in [9.17, 15) is 4.79 Å². The smallest absolute Gasteiger partial charge is 0.323 e. The van der Waals surface area contributed by atoms with Gasteiger partial charge in [-0.1, -0.05) is 45.2 Å². The highest BCUT2D eigenvalue weighted by Gasteiger charge is 2.20. The van der Waals surface area contributed by atoms with Gasteiger partial charge in [-0.25, -0.2) is 0 Å². The van der Waals surface area contributed by atoms with Gasteiger partial charge in [0.25, 0.3) is 0 Å². The third-order valence-electron chi connectivity index (χ3n) is 2.05. The molecule has 0 amide bonds. The maximum absolute atomic E-state index is 11.5. The third-order valence-corrected chi connectivity index (χ3v) is 2.05. The number of hydrogen-bond acceptors (Lipinski definition) is 3. The lowest BCUT2D eigenvalue weighted by Gasteiger charge is -2.19. The Morgan fingerprint density at radius 1 is 1.44 bits per heavy atom. The van der Waals surface area contributed by atoms with E-state index >= 15 is 0 Å². The van der Waals surface area contributed by atoms with Crippen LogP contribution in [0.2, 0.25) is 0 Å². The zero-order valence-electron chi connectivity index (χ0n) is 10.3. The molecule has 0 aromatic heterocycles. The van der Waals surface area contributed by atoms with Crippen molar-refractivity contribution in [1.82, 2.24) is 5.32 Å². The average Bonchev–Trinajstić information content (AvgIpc) is 2.25. The minimum absolute atomic E-state index is 0.221. The number of methoxy groups -OCH3 is 1. The Labute approximate surface area is 97.9 Å². The second-order valence-corrected chi connectivity index (χ2v) is 3.78. The molecule has 0 aliphatic carbocycles. The zero-order chi connectivity index (χ0) is 12.6. The van der Waals surface area contributed by atoms with Gasteiger partial charge in [0, 0.05) is 6.04 Å². The van der Waals surface area contributed by atoms with Crippen LogP contribution in [0.15, 0.2) is 37.0 Å². The summed E-state index contributed by atoms with van der Waals surface area (Å²) in [7, 11) is 1.39. The molecule has 0 spiro atoms. The van der Waals surface area contributed by atoms with Crippen molar-refractivity contribution < 1.29 is 9.53 Å². The van der Waals surface area contributed by atoms with Crippen molar-refractivity contribution in [3.05, 3.63) is 37.0 Å². The molecule has 16 heavy (non-hydrogen) atoms. The fraction of sp³-hybridized carbons (Fsp3) is 0.462. The lowest BCUT2D eigenvalue weighted by molar-refractivity contribution is -0.143. The van der Waals surface area contributed by atoms with Crippen LogP contribution in [0.4, 0.5) is 0 Å². The fourth-order valence-corrected chi connectivity index (χ4v) is 1.36. The van der Waals surface area contributed by atoms with Gasteiger partial charge in [-0.05, 0) is 12.0 Å². The largest absolute Gasteiger partial charge is 0.468 e. The number of nitrogens with one attached hydrogen (secondary N) is 1. The molecule has 0 aromatic rings. The molecule has 0 fully saturated rings. The van der Waals surface area contributed by atoms with E-state index in [0.29, 0.717) is 6.42 Å². The summed E-state index contributed by atoms with van der Waals surface area (Å²) < 4.78 is 4.75. The maximum atomic E-state index is 11.5. The van der Waals surface area contributed by atoms with E-state index in [4.69, 9.17) is 4.74 Å². The molecule has 0 heterocycles. The first-order valence-electron chi connectivity index (χ1n) is 5.33. The van der Waals surface area contributed by atoms with Crippen LogP contribution in [0.5, 0.6) is 0 Å². The van der Waals surface area contributed by atoms with E-state index in [2.05, 4.69) is 18.5 Å². The summed E-state index contributed by atoms with van der Waals surface area (Å²) in [5, 5.41) is 3.16. The first-order chi connectivity index (χ1) is 7.54. The van der Waals surface area contributed by atoms with E-state index in [0.717, 1.165) is 5.57 Å². The minimum Gasteiger partial charge on any atom is -0.468 e. The van der Waals surface area contributed by atoms with Crippen LogP contribution in [0.3, 0.4) is 0 Å². The molecule has 1 N–H and O–H groups in total. The van der Waals surface area contributed by atoms with E-state index < -0.39 is 0 Å². The van der Waals surface area contributed by atoms with Gasteiger partial charge in [-0.15, -0.1) is 0 Å². The molecular weight excluding hydrogens is 202 g/mol. The molecule has 0 aliphatic heterocycles. The Balaban J connectivity index is 4.64. The van der Waals surface area contributed by atoms with Gasteiger partial charge in [0.1, 0.15) is 6.04 Å². The summed E-state index contributed by atoms with van der Waals surface area (Å²) >= 11 is 0. The number of carbonyl (C=O) groups is 1. The average molecular weight is 223 g/mol. The molecule has 0 radical (unpaired) electrons. The Morgan fingerprint density at radius 2 is 2.06 bits per heavy atom. The summed E-state index contributed by atoms with van der Waals surface area (Å²) in [5.74, 6) is -0.259. The van der Waals surface area contributed by atoms with Crippen LogP contribution in [-0.2, 0) is 9.53 Å². The molecule has 0 saturated heterocycles. The monoisotopic (exact) mass is 223 g/mol. The molecule has 0 saturated carbocycles. The SMILES string of the molecule is C=C/C=C(\C=C)CC(NC(C)C)C(=O)OC. The van der Waals surface area contributed by atoms with Crippen molar-refractivity contribution in [3.8, 4) is 0 Å². The van der Waals surface area contributed by atoms with Crippen molar-refractivity contribution >= 4 is 5.97 Å². The first-order valence-corrected chi connectivity index (χ1v) is 5.33. The Morgan fingerprint density at radius 3 is 2.44 bits per heavy atom. The topological polar surface area (TPSA) is 38.3 Å². The van der Waals surface area contributed by atoms with E-state index in [-0.39, 0.29) is 18.1 Å². The first kappa shape index (κ1) is 14.6. The lowest BCUT2D eigenvalue weighted by atomic mass is 10.1. The summed E-state index contributed by atoms with van der Waals surface area (Å²) in [6.07, 6.45) is 5.80. The number of hydrogen-bond donors (Lipinski definition) is 1. The van der Waals surface area contributed by atoms with Crippen molar-refractivity contribution in [2.24, 2.45) is 0 Å². The van der Waals surface area contributed by atoms with Gasteiger partial charge >= 0.3 is 5.97 Å². The summed E-state index contributed by atoms with van der Waals surface area (Å²) in [6, 6.07) is -0.118. The Hall–Kier alpha value is -1.35. The van der Waals surface area contributed by atoms with Crippen LogP contribution >= 0.6 is 0 Å². The van der Waals surface area contributed by atoms with Crippen LogP contribution in [0.25, 0.3) is 0 Å². The van der Waals surface area contributed by atoms with E-state index in [1.807, 2.05) is 19.9 Å². The molecule has 1 unspecified atom stereocenters. The van der Waals surface area contributed by atoms with Gasteiger partial charge in [-0.2, -0.15) is 0 Å². The van der Waals surface area contributed by atoms with Crippen molar-refractivity contribution in [1.29, 1.82) is 0 Å². The van der Waals surface area contributed by atoms with Crippen LogP contribution < -0.4 is 5.32 Å². The molecular formula is C13H21NO2. The molecule has 1 atom stereocenters. The number of esters is 1. The highest BCUT2D eigenvalue weighted by molar-refractivity contribution is 5.76. The van der Waals surface area contributed by atoms with Crippen molar-refractivity contribution in [3.63, 3.8) is 0 Å². The summed E-state index contributed by atoms with van der Waals surface area (Å²) in [6.45, 7) is 11.3. The third kappa shape index (κ3) is 5.51. The fourth-order valence-electron chi connectivity index (χ4n) is 1.36. The van der Waals surface area contributed by atoms with Crippen molar-refractivity contribution in [2.75, 3.05) is 7.11 Å². The number of ether oxygens (including phenoxy) is 1. The molecule has 0 bridgehead atoms. The minimum atomic E-state index is -0.339. The maximum Gasteiger partial charge on any atom is 0.323 e. The highest BCUT2D eigenvalue weighted by atomic mass is 16.5. The highest BCUT2D eigenvalue weighted by Crippen LogP contribution is 2.09. The number of allylic oxidation sites excluding steroid dienone is 3. The van der Waals surface area contributed by atoms with E-state index in [1.165, 1.54) is 7.11 Å². The molecule has 3 nitrogen and oxygen atoms in total. The second kappa shape index (κ2) is 7.88. The quantitative estimate of drug-likeness (QED) is 0.531. The number of carbonyl (C=O) groups excluding carboxylic acids is 1. The summed E-state index contributed by atoms with van der Waals surface area (Å²) in [5.41, 5.74) is 0.957. The van der Waals surface area contributed by atoms with Gasteiger partial charge < -0.3 is 10.1 Å².